The smallest absolute Gasteiger partial charge is 0.338 e. The highest BCUT2D eigenvalue weighted by Crippen LogP contribution is 2.28. The Morgan fingerprint density at radius 3 is 2.18 bits per heavy atom. The number of benzene rings is 3. The molecule has 0 heterocycles. The summed E-state index contributed by atoms with van der Waals surface area (Å²) in [5, 5.41) is 0. The molecule has 3 aromatic rings. The van der Waals surface area contributed by atoms with Crippen molar-refractivity contribution >= 4 is 11.9 Å². The minimum atomic E-state index is -0.572. The molecule has 0 bridgehead atoms. The third-order valence-electron chi connectivity index (χ3n) is 4.96. The molecule has 0 aliphatic heterocycles. The summed E-state index contributed by atoms with van der Waals surface area (Å²) in [6.45, 7) is 0.421. The van der Waals surface area contributed by atoms with Crippen LogP contribution in [0.1, 0.15) is 21.5 Å². The third-order valence-corrected chi connectivity index (χ3v) is 4.96. The van der Waals surface area contributed by atoms with Crippen LogP contribution in [0.5, 0.6) is 17.2 Å². The van der Waals surface area contributed by atoms with E-state index >= 15 is 0 Å². The Bertz CT molecular complexity index is 1070. The van der Waals surface area contributed by atoms with Crippen LogP contribution in [0.25, 0.3) is 0 Å². The minimum absolute atomic E-state index is 0.319. The summed E-state index contributed by atoms with van der Waals surface area (Å²) in [4.78, 5) is 26.2. The summed E-state index contributed by atoms with van der Waals surface area (Å²) >= 11 is 0. The minimum Gasteiger partial charge on any atom is -0.493 e. The van der Waals surface area contributed by atoms with E-state index in [1.165, 1.54) is 4.90 Å². The summed E-state index contributed by atoms with van der Waals surface area (Å²) in [7, 11) is 4.76. The molecule has 7 nitrogen and oxygen atoms in total. The molecular formula is C26H27NO6. The molecule has 3 aromatic carbocycles. The van der Waals surface area contributed by atoms with E-state index in [-0.39, 0.29) is 12.5 Å². The topological polar surface area (TPSA) is 74.3 Å². The van der Waals surface area contributed by atoms with Crippen LogP contribution in [0.4, 0.5) is 0 Å². The van der Waals surface area contributed by atoms with Gasteiger partial charge in [-0.3, -0.25) is 4.79 Å². The van der Waals surface area contributed by atoms with Crippen molar-refractivity contribution in [3.8, 4) is 17.2 Å². The van der Waals surface area contributed by atoms with Crippen LogP contribution in [-0.4, -0.2) is 44.7 Å². The van der Waals surface area contributed by atoms with Gasteiger partial charge in [0.25, 0.3) is 5.91 Å². The molecule has 0 spiro atoms. The maximum atomic E-state index is 12.4. The van der Waals surface area contributed by atoms with Gasteiger partial charge in [-0.2, -0.15) is 0 Å². The molecule has 0 aliphatic rings. The zero-order chi connectivity index (χ0) is 23.6. The zero-order valence-electron chi connectivity index (χ0n) is 18.9. The van der Waals surface area contributed by atoms with Gasteiger partial charge in [0.15, 0.2) is 18.1 Å². The van der Waals surface area contributed by atoms with Crippen LogP contribution in [0.2, 0.25) is 0 Å². The largest absolute Gasteiger partial charge is 0.493 e. The standard InChI is InChI=1S/C26H27NO6/c1-27(16-20-9-14-23(30-2)24(15-20)31-3)25(28)18-33-26(29)21-10-12-22(13-11-21)32-17-19-7-5-4-6-8-19/h4-15H,16-18H2,1-3H3. The van der Waals surface area contributed by atoms with Gasteiger partial charge in [-0.1, -0.05) is 36.4 Å². The highest BCUT2D eigenvalue weighted by molar-refractivity contribution is 5.91. The fraction of sp³-hybridized carbons (Fsp3) is 0.231. The molecule has 0 radical (unpaired) electrons. The number of esters is 1. The van der Waals surface area contributed by atoms with Crippen molar-refractivity contribution in [2.24, 2.45) is 0 Å². The van der Waals surface area contributed by atoms with E-state index in [4.69, 9.17) is 18.9 Å². The van der Waals surface area contributed by atoms with Crippen molar-refractivity contribution in [3.05, 3.63) is 89.5 Å². The van der Waals surface area contributed by atoms with E-state index in [0.29, 0.717) is 36.0 Å². The Morgan fingerprint density at radius 2 is 1.52 bits per heavy atom. The van der Waals surface area contributed by atoms with E-state index in [2.05, 4.69) is 0 Å². The first-order chi connectivity index (χ1) is 16.0. The number of rotatable bonds is 10. The Kier molecular flexibility index (Phi) is 8.30. The predicted molar refractivity (Wildman–Crippen MR) is 124 cm³/mol. The highest BCUT2D eigenvalue weighted by Gasteiger charge is 2.15. The van der Waals surface area contributed by atoms with Gasteiger partial charge >= 0.3 is 5.97 Å². The average molecular weight is 450 g/mol. The van der Waals surface area contributed by atoms with Crippen molar-refractivity contribution < 1.29 is 28.5 Å². The SMILES string of the molecule is COc1ccc(CN(C)C(=O)COC(=O)c2ccc(OCc3ccccc3)cc2)cc1OC. The van der Waals surface area contributed by atoms with Gasteiger partial charge in [0.2, 0.25) is 0 Å². The van der Waals surface area contributed by atoms with Crippen LogP contribution in [0.15, 0.2) is 72.8 Å². The number of amides is 1. The van der Waals surface area contributed by atoms with Crippen molar-refractivity contribution in [1.29, 1.82) is 0 Å². The molecule has 0 atom stereocenters. The average Bonchev–Trinajstić information content (AvgIpc) is 2.86. The molecule has 0 unspecified atom stereocenters. The second-order valence-corrected chi connectivity index (χ2v) is 7.31. The lowest BCUT2D eigenvalue weighted by Crippen LogP contribution is -2.30. The summed E-state index contributed by atoms with van der Waals surface area (Å²) in [6.07, 6.45) is 0. The van der Waals surface area contributed by atoms with Crippen LogP contribution in [0, 0.1) is 0 Å². The maximum absolute atomic E-state index is 12.4. The molecular weight excluding hydrogens is 422 g/mol. The van der Waals surface area contributed by atoms with E-state index in [9.17, 15) is 9.59 Å². The molecule has 1 amide bonds. The van der Waals surface area contributed by atoms with E-state index in [1.807, 2.05) is 36.4 Å². The van der Waals surface area contributed by atoms with Gasteiger partial charge in [-0.05, 0) is 47.5 Å². The monoisotopic (exact) mass is 449 g/mol. The van der Waals surface area contributed by atoms with Gasteiger partial charge in [0, 0.05) is 13.6 Å². The van der Waals surface area contributed by atoms with Crippen molar-refractivity contribution in [2.75, 3.05) is 27.9 Å². The number of nitrogens with zero attached hydrogens (tertiary/aromatic N) is 1. The molecule has 0 saturated heterocycles. The Labute approximate surface area is 193 Å². The summed E-state index contributed by atoms with van der Waals surface area (Å²) in [5.41, 5.74) is 2.26. The normalized spacial score (nSPS) is 10.3. The first-order valence-corrected chi connectivity index (χ1v) is 10.4. The van der Waals surface area contributed by atoms with Gasteiger partial charge in [0.05, 0.1) is 19.8 Å². The van der Waals surface area contributed by atoms with E-state index in [1.54, 1.807) is 57.7 Å². The predicted octanol–water partition coefficient (Wildman–Crippen LogP) is 4.10. The fourth-order valence-corrected chi connectivity index (χ4v) is 3.09. The zero-order valence-corrected chi connectivity index (χ0v) is 18.9. The van der Waals surface area contributed by atoms with Crippen LogP contribution in [-0.2, 0) is 22.7 Å². The van der Waals surface area contributed by atoms with E-state index < -0.39 is 5.97 Å². The molecule has 0 fully saturated rings. The van der Waals surface area contributed by atoms with Crippen molar-refractivity contribution in [3.63, 3.8) is 0 Å². The Hall–Kier alpha value is -4.00. The molecule has 0 aromatic heterocycles. The number of carbonyl (C=O) groups is 2. The maximum Gasteiger partial charge on any atom is 0.338 e. The number of likely N-dealkylation sites (N-methyl/N-ethyl adjacent to an activating group) is 1. The molecule has 0 N–H and O–H groups in total. The van der Waals surface area contributed by atoms with Gasteiger partial charge in [0.1, 0.15) is 12.4 Å². The lowest BCUT2D eigenvalue weighted by molar-refractivity contribution is -0.133. The third kappa shape index (κ3) is 6.74. The fourth-order valence-electron chi connectivity index (χ4n) is 3.09. The lowest BCUT2D eigenvalue weighted by atomic mass is 10.2. The summed E-state index contributed by atoms with van der Waals surface area (Å²) < 4.78 is 21.4. The molecule has 0 saturated carbocycles. The Morgan fingerprint density at radius 1 is 0.818 bits per heavy atom. The number of hydrogen-bond acceptors (Lipinski definition) is 6. The second kappa shape index (κ2) is 11.6. The first-order valence-electron chi connectivity index (χ1n) is 10.4. The summed E-state index contributed by atoms with van der Waals surface area (Å²) in [6, 6.07) is 21.8. The number of ether oxygens (including phenoxy) is 4. The van der Waals surface area contributed by atoms with Gasteiger partial charge in [-0.15, -0.1) is 0 Å². The van der Waals surface area contributed by atoms with Crippen LogP contribution >= 0.6 is 0 Å². The molecule has 7 heteroatoms. The Balaban J connectivity index is 1.47. The first kappa shape index (κ1) is 23.7. The molecule has 33 heavy (non-hydrogen) atoms. The molecule has 172 valence electrons. The second-order valence-electron chi connectivity index (χ2n) is 7.31. The van der Waals surface area contributed by atoms with Crippen LogP contribution in [0.3, 0.4) is 0 Å². The van der Waals surface area contributed by atoms with Gasteiger partial charge in [-0.25, -0.2) is 4.79 Å². The molecule has 3 rings (SSSR count). The number of methoxy groups -OCH3 is 2. The lowest BCUT2D eigenvalue weighted by Gasteiger charge is -2.18. The van der Waals surface area contributed by atoms with Crippen molar-refractivity contribution in [1.82, 2.24) is 4.90 Å². The number of hydrogen-bond donors (Lipinski definition) is 0. The van der Waals surface area contributed by atoms with Crippen molar-refractivity contribution in [2.45, 2.75) is 13.2 Å². The van der Waals surface area contributed by atoms with E-state index in [0.717, 1.165) is 11.1 Å². The quantitative estimate of drug-likeness (QED) is 0.434. The van der Waals surface area contributed by atoms with Gasteiger partial charge < -0.3 is 23.8 Å². The summed E-state index contributed by atoms with van der Waals surface area (Å²) in [5.74, 6) is 0.943. The molecule has 0 aliphatic carbocycles. The highest BCUT2D eigenvalue weighted by atomic mass is 16.5. The van der Waals surface area contributed by atoms with Crippen LogP contribution < -0.4 is 14.2 Å². The number of carbonyl (C=O) groups excluding carboxylic acids is 2.